The molecule has 134 valence electrons. The molecule has 26 heavy (non-hydrogen) atoms. The molecule has 0 fully saturated rings. The molecule has 1 aliphatic carbocycles. The Morgan fingerprint density at radius 1 is 1.12 bits per heavy atom. The van der Waals surface area contributed by atoms with E-state index in [1.165, 1.54) is 29.3 Å². The van der Waals surface area contributed by atoms with Crippen LogP contribution in [0.4, 0.5) is 11.4 Å². The summed E-state index contributed by atoms with van der Waals surface area (Å²) in [4.78, 5) is 34.2. The molecule has 0 saturated carbocycles. The molecule has 0 radical (unpaired) electrons. The van der Waals surface area contributed by atoms with Crippen LogP contribution in [0.15, 0.2) is 42.5 Å². The Morgan fingerprint density at radius 3 is 2.69 bits per heavy atom. The van der Waals surface area contributed by atoms with Crippen molar-refractivity contribution in [1.82, 2.24) is 0 Å². The van der Waals surface area contributed by atoms with Gasteiger partial charge in [0, 0.05) is 6.07 Å². The van der Waals surface area contributed by atoms with Gasteiger partial charge in [-0.25, -0.2) is 0 Å². The summed E-state index contributed by atoms with van der Waals surface area (Å²) in [6.45, 7) is -0.490. The molecule has 0 aromatic heterocycles. The lowest BCUT2D eigenvalue weighted by Crippen LogP contribution is -2.22. The summed E-state index contributed by atoms with van der Waals surface area (Å²) < 4.78 is 4.98. The number of aryl methyl sites for hydroxylation is 2. The molecule has 0 aliphatic heterocycles. The van der Waals surface area contributed by atoms with Crippen LogP contribution in [-0.2, 0) is 33.6 Å². The second-order valence-corrected chi connectivity index (χ2v) is 6.12. The summed E-state index contributed by atoms with van der Waals surface area (Å²) in [5.41, 5.74) is 3.30. The van der Waals surface area contributed by atoms with Crippen molar-refractivity contribution < 1.29 is 19.2 Å². The number of fused-ring (bicyclic) bond motifs is 1. The maximum Gasteiger partial charge on any atom is 0.310 e. The lowest BCUT2D eigenvalue weighted by atomic mass is 10.0. The van der Waals surface area contributed by atoms with E-state index in [9.17, 15) is 19.7 Å². The van der Waals surface area contributed by atoms with Crippen LogP contribution in [0, 0.1) is 10.1 Å². The summed E-state index contributed by atoms with van der Waals surface area (Å²) in [5.74, 6) is -1.14. The summed E-state index contributed by atoms with van der Waals surface area (Å²) in [6.07, 6.45) is 3.32. The molecule has 0 atom stereocenters. The average Bonchev–Trinajstić information content (AvgIpc) is 3.08. The number of anilines is 1. The van der Waals surface area contributed by atoms with Gasteiger partial charge in [0.2, 0.25) is 0 Å². The highest BCUT2D eigenvalue weighted by Gasteiger charge is 2.16. The van der Waals surface area contributed by atoms with Crippen molar-refractivity contribution in [3.63, 3.8) is 0 Å². The molecule has 0 saturated heterocycles. The number of benzene rings is 2. The molecule has 1 aliphatic rings. The van der Waals surface area contributed by atoms with Crippen LogP contribution in [0.5, 0.6) is 0 Å². The van der Waals surface area contributed by atoms with Gasteiger partial charge in [-0.1, -0.05) is 30.3 Å². The fourth-order valence-electron chi connectivity index (χ4n) is 3.02. The summed E-state index contributed by atoms with van der Waals surface area (Å²) >= 11 is 0. The predicted octanol–water partition coefficient (Wildman–Crippen LogP) is 2.81. The van der Waals surface area contributed by atoms with Gasteiger partial charge in [-0.05, 0) is 42.0 Å². The van der Waals surface area contributed by atoms with Crippen molar-refractivity contribution in [2.45, 2.75) is 25.7 Å². The number of carbonyl (C=O) groups is 2. The third-order valence-electron chi connectivity index (χ3n) is 4.25. The lowest BCUT2D eigenvalue weighted by molar-refractivity contribution is -0.383. The highest BCUT2D eigenvalue weighted by atomic mass is 16.6. The molecule has 3 rings (SSSR count). The van der Waals surface area contributed by atoms with Gasteiger partial charge in [0.15, 0.2) is 6.61 Å². The number of rotatable bonds is 6. The molecule has 1 N–H and O–H groups in total. The van der Waals surface area contributed by atoms with Crippen LogP contribution in [0.3, 0.4) is 0 Å². The van der Waals surface area contributed by atoms with E-state index >= 15 is 0 Å². The number of nitrogens with one attached hydrogen (secondary N) is 1. The van der Waals surface area contributed by atoms with Crippen LogP contribution >= 0.6 is 0 Å². The fourth-order valence-corrected chi connectivity index (χ4v) is 3.02. The summed E-state index contributed by atoms with van der Waals surface area (Å²) in [7, 11) is 0. The normalized spacial score (nSPS) is 12.3. The molecular formula is C19H18N2O5. The minimum Gasteiger partial charge on any atom is -0.455 e. The molecule has 1 amide bonds. The maximum absolute atomic E-state index is 11.9. The first-order valence-corrected chi connectivity index (χ1v) is 8.32. The van der Waals surface area contributed by atoms with E-state index in [2.05, 4.69) is 5.32 Å². The number of amides is 1. The highest BCUT2D eigenvalue weighted by Crippen LogP contribution is 2.24. The van der Waals surface area contributed by atoms with Gasteiger partial charge in [0.25, 0.3) is 11.6 Å². The fraction of sp³-hybridized carbons (Fsp3) is 0.263. The zero-order chi connectivity index (χ0) is 18.5. The van der Waals surface area contributed by atoms with E-state index in [4.69, 9.17) is 4.74 Å². The van der Waals surface area contributed by atoms with Crippen molar-refractivity contribution in [1.29, 1.82) is 0 Å². The zero-order valence-electron chi connectivity index (χ0n) is 14.1. The minimum absolute atomic E-state index is 0.0668. The van der Waals surface area contributed by atoms with E-state index in [0.29, 0.717) is 0 Å². The monoisotopic (exact) mass is 354 g/mol. The Balaban J connectivity index is 1.51. The van der Waals surface area contributed by atoms with Crippen LogP contribution < -0.4 is 5.32 Å². The summed E-state index contributed by atoms with van der Waals surface area (Å²) in [6, 6.07) is 11.7. The molecule has 0 bridgehead atoms. The van der Waals surface area contributed by atoms with Crippen LogP contribution in [0.2, 0.25) is 0 Å². The van der Waals surface area contributed by atoms with Crippen molar-refractivity contribution in [3.05, 3.63) is 69.3 Å². The minimum atomic E-state index is -0.624. The second-order valence-electron chi connectivity index (χ2n) is 6.12. The van der Waals surface area contributed by atoms with Gasteiger partial charge >= 0.3 is 5.97 Å². The molecule has 2 aromatic rings. The van der Waals surface area contributed by atoms with Gasteiger partial charge in [0.05, 0.1) is 11.3 Å². The van der Waals surface area contributed by atoms with Gasteiger partial charge in [-0.15, -0.1) is 0 Å². The Bertz CT molecular complexity index is 863. The van der Waals surface area contributed by atoms with E-state index in [-0.39, 0.29) is 17.8 Å². The van der Waals surface area contributed by atoms with Crippen LogP contribution in [-0.4, -0.2) is 23.4 Å². The highest BCUT2D eigenvalue weighted by molar-refractivity contribution is 5.94. The van der Waals surface area contributed by atoms with Crippen molar-refractivity contribution in [3.8, 4) is 0 Å². The lowest BCUT2D eigenvalue weighted by Gasteiger charge is -2.08. The number of nitro groups is 1. The Hall–Kier alpha value is -3.22. The number of para-hydroxylation sites is 2. The first-order valence-electron chi connectivity index (χ1n) is 8.32. The quantitative estimate of drug-likeness (QED) is 0.489. The first kappa shape index (κ1) is 17.6. The number of carbonyl (C=O) groups excluding carboxylic acids is 2. The predicted molar refractivity (Wildman–Crippen MR) is 94.9 cm³/mol. The zero-order valence-corrected chi connectivity index (χ0v) is 14.1. The average molecular weight is 354 g/mol. The van der Waals surface area contributed by atoms with Crippen molar-refractivity contribution in [2.24, 2.45) is 0 Å². The van der Waals surface area contributed by atoms with E-state index in [1.54, 1.807) is 6.07 Å². The number of esters is 1. The van der Waals surface area contributed by atoms with E-state index in [0.717, 1.165) is 24.8 Å². The largest absolute Gasteiger partial charge is 0.455 e. The van der Waals surface area contributed by atoms with Gasteiger partial charge in [-0.3, -0.25) is 19.7 Å². The Labute approximate surface area is 150 Å². The number of hydrogen-bond donors (Lipinski definition) is 1. The van der Waals surface area contributed by atoms with Gasteiger partial charge in [-0.2, -0.15) is 0 Å². The third kappa shape index (κ3) is 4.24. The molecular weight excluding hydrogens is 336 g/mol. The number of nitro benzene ring substituents is 1. The Morgan fingerprint density at radius 2 is 1.88 bits per heavy atom. The smallest absolute Gasteiger partial charge is 0.310 e. The summed E-state index contributed by atoms with van der Waals surface area (Å²) in [5, 5.41) is 13.3. The van der Waals surface area contributed by atoms with Crippen molar-refractivity contribution in [2.75, 3.05) is 11.9 Å². The molecule has 2 aromatic carbocycles. The van der Waals surface area contributed by atoms with Crippen LogP contribution in [0.25, 0.3) is 0 Å². The number of nitrogens with zero attached hydrogens (tertiary/aromatic N) is 1. The number of hydrogen-bond acceptors (Lipinski definition) is 5. The molecule has 7 nitrogen and oxygen atoms in total. The second kappa shape index (κ2) is 7.77. The number of ether oxygens (including phenoxy) is 1. The van der Waals surface area contributed by atoms with Gasteiger partial charge < -0.3 is 10.1 Å². The van der Waals surface area contributed by atoms with Gasteiger partial charge in [0.1, 0.15) is 5.69 Å². The first-order chi connectivity index (χ1) is 12.5. The Kier molecular flexibility index (Phi) is 5.26. The molecule has 0 spiro atoms. The van der Waals surface area contributed by atoms with Crippen LogP contribution in [0.1, 0.15) is 23.1 Å². The SMILES string of the molecule is O=C(COC(=O)Cc1ccc2c(c1)CCC2)Nc1ccccc1[N+](=O)[O-]. The van der Waals surface area contributed by atoms with E-state index < -0.39 is 23.4 Å². The topological polar surface area (TPSA) is 98.5 Å². The van der Waals surface area contributed by atoms with E-state index in [1.807, 2.05) is 18.2 Å². The third-order valence-corrected chi connectivity index (χ3v) is 4.25. The molecule has 0 heterocycles. The van der Waals surface area contributed by atoms with Crippen molar-refractivity contribution >= 4 is 23.3 Å². The maximum atomic E-state index is 11.9. The standard InChI is InChI=1S/C19H18N2O5/c22-18(20-16-6-1-2-7-17(16)21(24)25)12-26-19(23)11-13-8-9-14-4-3-5-15(14)10-13/h1-2,6-10H,3-5,11-12H2,(H,20,22). The molecule has 0 unspecified atom stereocenters. The molecule has 7 heteroatoms.